The molecule has 1 unspecified atom stereocenters. The van der Waals surface area contributed by atoms with Crippen molar-refractivity contribution >= 4 is 57.7 Å². The number of aliphatic hydroxyl groups is 1. The summed E-state index contributed by atoms with van der Waals surface area (Å²) in [6.07, 6.45) is -0.0616. The average Bonchev–Trinajstić information content (AvgIpc) is 3.47. The molecule has 0 fully saturated rings. The minimum Gasteiger partial charge on any atom is -0.464 e. The Balaban J connectivity index is 1.48. The van der Waals surface area contributed by atoms with Crippen molar-refractivity contribution in [2.24, 2.45) is 11.5 Å². The highest BCUT2D eigenvalue weighted by Gasteiger charge is 2.24. The standard InChI is InChI=1S/C38H38Cl2F2N6O5/c1-22(50)53-15-13-47(12-14-49)27-7-4-25(5-8-27)37-45-34-19-26(6-11-35(34)48(37)21-24-3-10-30(41)31(42)17-24)33(20-36(44)51)46-38(52)32(43)18-23-2-9-28(39)29(40)16-23/h2-11,16-17,19,32-33,49H,12-15,18,20-21,43H2,1H3,(H2,44,51)(H,46,52)/t32-,33?/m0/s1. The summed E-state index contributed by atoms with van der Waals surface area (Å²) in [5, 5.41) is 13.2. The van der Waals surface area contributed by atoms with Gasteiger partial charge in [0.15, 0.2) is 11.6 Å². The molecule has 1 aromatic heterocycles. The molecule has 0 spiro atoms. The van der Waals surface area contributed by atoms with E-state index in [4.69, 9.17) is 44.4 Å². The van der Waals surface area contributed by atoms with Gasteiger partial charge in [-0.1, -0.05) is 41.4 Å². The minimum absolute atomic E-state index is 0.117. The number of rotatable bonds is 16. The summed E-state index contributed by atoms with van der Waals surface area (Å²) in [6.45, 7) is 2.15. The maximum Gasteiger partial charge on any atom is 0.302 e. The van der Waals surface area contributed by atoms with Gasteiger partial charge in [-0.2, -0.15) is 0 Å². The average molecular weight is 768 g/mol. The van der Waals surface area contributed by atoms with Gasteiger partial charge in [0.2, 0.25) is 11.8 Å². The van der Waals surface area contributed by atoms with Gasteiger partial charge >= 0.3 is 5.97 Å². The van der Waals surface area contributed by atoms with E-state index in [1.165, 1.54) is 13.0 Å². The second-order valence-corrected chi connectivity index (χ2v) is 13.2. The summed E-state index contributed by atoms with van der Waals surface area (Å²) in [4.78, 5) is 43.5. The van der Waals surface area contributed by atoms with E-state index in [-0.39, 0.29) is 32.6 Å². The van der Waals surface area contributed by atoms with Gasteiger partial charge in [-0.3, -0.25) is 14.4 Å². The van der Waals surface area contributed by atoms with Gasteiger partial charge in [0.25, 0.3) is 0 Å². The van der Waals surface area contributed by atoms with Crippen LogP contribution in [0.15, 0.2) is 78.9 Å². The lowest BCUT2D eigenvalue weighted by molar-refractivity contribution is -0.140. The van der Waals surface area contributed by atoms with Crippen LogP contribution in [0, 0.1) is 11.6 Å². The number of nitrogens with two attached hydrogens (primary N) is 2. The number of anilines is 1. The number of nitrogens with zero attached hydrogens (tertiary/aromatic N) is 3. The Labute approximate surface area is 314 Å². The molecule has 5 aromatic rings. The van der Waals surface area contributed by atoms with Crippen LogP contribution in [0.3, 0.4) is 0 Å². The zero-order chi connectivity index (χ0) is 38.2. The van der Waals surface area contributed by atoms with E-state index in [0.717, 1.165) is 17.8 Å². The number of ether oxygens (including phenoxy) is 1. The van der Waals surface area contributed by atoms with E-state index in [0.29, 0.717) is 62.2 Å². The Hall–Kier alpha value is -5.08. The van der Waals surface area contributed by atoms with Crippen LogP contribution in [-0.2, 0) is 32.1 Å². The Morgan fingerprint density at radius 2 is 1.68 bits per heavy atom. The number of aliphatic hydroxyl groups excluding tert-OH is 1. The highest BCUT2D eigenvalue weighted by atomic mass is 35.5. The molecule has 278 valence electrons. The predicted molar refractivity (Wildman–Crippen MR) is 199 cm³/mol. The molecule has 0 aliphatic carbocycles. The smallest absolute Gasteiger partial charge is 0.302 e. The lowest BCUT2D eigenvalue weighted by Gasteiger charge is -2.24. The number of esters is 1. The number of fused-ring (bicyclic) bond motifs is 1. The van der Waals surface area contributed by atoms with Crippen molar-refractivity contribution in [3.05, 3.63) is 117 Å². The summed E-state index contributed by atoms with van der Waals surface area (Å²) < 4.78 is 35.0. The number of aromatic nitrogens is 2. The van der Waals surface area contributed by atoms with E-state index < -0.39 is 41.5 Å². The van der Waals surface area contributed by atoms with Gasteiger partial charge in [-0.05, 0) is 83.8 Å². The second kappa shape index (κ2) is 17.6. The largest absolute Gasteiger partial charge is 0.464 e. The third-order valence-electron chi connectivity index (χ3n) is 8.52. The van der Waals surface area contributed by atoms with Crippen LogP contribution < -0.4 is 21.7 Å². The van der Waals surface area contributed by atoms with Crippen molar-refractivity contribution in [2.75, 3.05) is 31.2 Å². The number of hydrogen-bond donors (Lipinski definition) is 4. The summed E-state index contributed by atoms with van der Waals surface area (Å²) >= 11 is 12.1. The van der Waals surface area contributed by atoms with Crippen LogP contribution in [-0.4, -0.2) is 64.8 Å². The third-order valence-corrected chi connectivity index (χ3v) is 9.26. The molecular formula is C38H38Cl2F2N6O5. The summed E-state index contributed by atoms with van der Waals surface area (Å²) in [5.41, 5.74) is 16.1. The van der Waals surface area contributed by atoms with E-state index in [1.807, 2.05) is 33.7 Å². The van der Waals surface area contributed by atoms with Crippen LogP contribution in [0.25, 0.3) is 22.4 Å². The van der Waals surface area contributed by atoms with Crippen molar-refractivity contribution in [3.8, 4) is 11.4 Å². The quantitative estimate of drug-likeness (QED) is 0.0983. The first kappa shape index (κ1) is 39.1. The Kier molecular flexibility index (Phi) is 13.0. The molecule has 0 bridgehead atoms. The molecule has 1 heterocycles. The lowest BCUT2D eigenvalue weighted by atomic mass is 10.0. The first-order valence-electron chi connectivity index (χ1n) is 16.6. The number of benzene rings is 4. The maximum absolute atomic E-state index is 14.3. The topological polar surface area (TPSA) is 166 Å². The highest BCUT2D eigenvalue weighted by molar-refractivity contribution is 6.42. The van der Waals surface area contributed by atoms with E-state index in [2.05, 4.69) is 5.32 Å². The van der Waals surface area contributed by atoms with Crippen molar-refractivity contribution < 1.29 is 33.0 Å². The van der Waals surface area contributed by atoms with Crippen molar-refractivity contribution in [1.82, 2.24) is 14.9 Å². The zero-order valence-electron chi connectivity index (χ0n) is 28.7. The molecule has 2 amide bonds. The fourth-order valence-electron chi connectivity index (χ4n) is 5.92. The van der Waals surface area contributed by atoms with Crippen LogP contribution in [0.4, 0.5) is 14.5 Å². The van der Waals surface area contributed by atoms with Gasteiger partial charge in [0.1, 0.15) is 12.4 Å². The number of imidazole rings is 1. The van der Waals surface area contributed by atoms with Gasteiger partial charge in [0, 0.05) is 31.3 Å². The molecule has 15 heteroatoms. The van der Waals surface area contributed by atoms with E-state index >= 15 is 0 Å². The summed E-state index contributed by atoms with van der Waals surface area (Å²) in [7, 11) is 0. The number of carbonyl (C=O) groups is 3. The minimum atomic E-state index is -0.986. The van der Waals surface area contributed by atoms with Crippen molar-refractivity contribution in [3.63, 3.8) is 0 Å². The number of amides is 2. The van der Waals surface area contributed by atoms with Gasteiger partial charge < -0.3 is 36.1 Å². The first-order valence-corrected chi connectivity index (χ1v) is 17.4. The molecule has 0 radical (unpaired) electrons. The SMILES string of the molecule is CC(=O)OCCN(CCO)c1ccc(-c2nc3cc(C(CC(N)=O)NC(=O)[C@@H](N)Cc4ccc(Cl)c(Cl)c4)ccc3n2Cc2ccc(F)c(F)c2)cc1. The predicted octanol–water partition coefficient (Wildman–Crippen LogP) is 5.30. The van der Waals surface area contributed by atoms with Crippen molar-refractivity contribution in [2.45, 2.75) is 38.4 Å². The van der Waals surface area contributed by atoms with Gasteiger partial charge in [-0.15, -0.1) is 0 Å². The Morgan fingerprint density at radius 1 is 0.943 bits per heavy atom. The normalized spacial score (nSPS) is 12.4. The summed E-state index contributed by atoms with van der Waals surface area (Å²) in [5.74, 6) is -3.03. The van der Waals surface area contributed by atoms with E-state index in [1.54, 1.807) is 36.4 Å². The molecule has 4 aromatic carbocycles. The molecular weight excluding hydrogens is 729 g/mol. The van der Waals surface area contributed by atoms with Crippen LogP contribution in [0.2, 0.25) is 10.0 Å². The van der Waals surface area contributed by atoms with Gasteiger partial charge in [-0.25, -0.2) is 13.8 Å². The van der Waals surface area contributed by atoms with Crippen LogP contribution >= 0.6 is 23.2 Å². The number of nitrogens with one attached hydrogen (secondary N) is 1. The number of hydrogen-bond acceptors (Lipinski definition) is 8. The highest BCUT2D eigenvalue weighted by Crippen LogP contribution is 2.31. The fourth-order valence-corrected chi connectivity index (χ4v) is 6.24. The molecule has 2 atom stereocenters. The van der Waals surface area contributed by atoms with Crippen LogP contribution in [0.5, 0.6) is 0 Å². The number of carbonyl (C=O) groups excluding carboxylic acids is 3. The first-order chi connectivity index (χ1) is 25.3. The zero-order valence-corrected chi connectivity index (χ0v) is 30.2. The number of halogens is 4. The molecule has 6 N–H and O–H groups in total. The monoisotopic (exact) mass is 766 g/mol. The molecule has 11 nitrogen and oxygen atoms in total. The molecule has 0 aliphatic heterocycles. The van der Waals surface area contributed by atoms with Crippen molar-refractivity contribution in [1.29, 1.82) is 0 Å². The van der Waals surface area contributed by atoms with Crippen LogP contribution in [0.1, 0.15) is 36.1 Å². The van der Waals surface area contributed by atoms with Gasteiger partial charge in [0.05, 0.1) is 52.7 Å². The molecule has 0 saturated carbocycles. The number of primary amides is 1. The molecule has 0 saturated heterocycles. The maximum atomic E-state index is 14.3. The molecule has 5 rings (SSSR count). The second-order valence-electron chi connectivity index (χ2n) is 12.4. The Morgan fingerprint density at radius 3 is 2.34 bits per heavy atom. The molecule has 53 heavy (non-hydrogen) atoms. The molecule has 0 aliphatic rings. The Bertz CT molecular complexity index is 2110. The third kappa shape index (κ3) is 10.1. The fraction of sp³-hybridized carbons (Fsp3) is 0.263. The van der Waals surface area contributed by atoms with E-state index in [9.17, 15) is 28.3 Å². The summed E-state index contributed by atoms with van der Waals surface area (Å²) in [6, 6.07) is 19.4. The lowest BCUT2D eigenvalue weighted by Crippen LogP contribution is -2.44.